The zero-order valence-corrected chi connectivity index (χ0v) is 9.91. The summed E-state index contributed by atoms with van der Waals surface area (Å²) in [4.78, 5) is 11.3. The predicted octanol–water partition coefficient (Wildman–Crippen LogP) is 2.06. The van der Waals surface area contributed by atoms with Crippen LogP contribution in [-0.2, 0) is 6.42 Å². The molecular formula is C15H15NO2. The van der Waals surface area contributed by atoms with Gasteiger partial charge in [-0.1, -0.05) is 48.5 Å². The van der Waals surface area contributed by atoms with Crippen molar-refractivity contribution in [1.82, 2.24) is 0 Å². The van der Waals surface area contributed by atoms with E-state index in [1.165, 1.54) is 0 Å². The van der Waals surface area contributed by atoms with E-state index in [-0.39, 0.29) is 0 Å². The molecule has 0 unspecified atom stereocenters. The molecule has 3 nitrogen and oxygen atoms in total. The van der Waals surface area contributed by atoms with Crippen molar-refractivity contribution in [3.8, 4) is 0 Å². The highest BCUT2D eigenvalue weighted by Crippen LogP contribution is 2.21. The Labute approximate surface area is 106 Å². The summed E-state index contributed by atoms with van der Waals surface area (Å²) < 4.78 is 0. The summed E-state index contributed by atoms with van der Waals surface area (Å²) in [5.41, 5.74) is 7.27. The third kappa shape index (κ3) is 2.76. The standard InChI is InChI=1S/C15H15NO2/c16-15(18)13-9-5-4-8-12(13)14(17)10-11-6-2-1-3-7-11/h1-9,14,17H,10H2,(H2,16,18)/t14-/m0/s1. The highest BCUT2D eigenvalue weighted by Gasteiger charge is 2.15. The second-order valence-corrected chi connectivity index (χ2v) is 4.16. The molecule has 0 aromatic heterocycles. The van der Waals surface area contributed by atoms with Crippen LogP contribution in [0, 0.1) is 0 Å². The van der Waals surface area contributed by atoms with Crippen LogP contribution in [0.4, 0.5) is 0 Å². The number of hydrogen-bond acceptors (Lipinski definition) is 2. The molecule has 1 atom stereocenters. The fourth-order valence-corrected chi connectivity index (χ4v) is 1.96. The lowest BCUT2D eigenvalue weighted by molar-refractivity contribution is 0.0992. The molecule has 0 radical (unpaired) electrons. The third-order valence-electron chi connectivity index (χ3n) is 2.86. The van der Waals surface area contributed by atoms with E-state index in [1.54, 1.807) is 24.3 Å². The van der Waals surface area contributed by atoms with Gasteiger partial charge in [-0.15, -0.1) is 0 Å². The number of rotatable bonds is 4. The Morgan fingerprint density at radius 3 is 2.33 bits per heavy atom. The number of aliphatic hydroxyl groups excluding tert-OH is 1. The van der Waals surface area contributed by atoms with Gasteiger partial charge in [-0.3, -0.25) is 4.79 Å². The van der Waals surface area contributed by atoms with Gasteiger partial charge in [0.1, 0.15) is 0 Å². The van der Waals surface area contributed by atoms with Crippen molar-refractivity contribution in [3.63, 3.8) is 0 Å². The lowest BCUT2D eigenvalue weighted by Crippen LogP contribution is -2.16. The van der Waals surface area contributed by atoms with E-state index in [0.29, 0.717) is 17.5 Å². The number of carbonyl (C=O) groups excluding carboxylic acids is 1. The molecule has 0 saturated heterocycles. The van der Waals surface area contributed by atoms with Gasteiger partial charge in [0.2, 0.25) is 5.91 Å². The average molecular weight is 241 g/mol. The van der Waals surface area contributed by atoms with Gasteiger partial charge in [0.25, 0.3) is 0 Å². The fourth-order valence-electron chi connectivity index (χ4n) is 1.96. The van der Waals surface area contributed by atoms with Crippen LogP contribution >= 0.6 is 0 Å². The summed E-state index contributed by atoms with van der Waals surface area (Å²) >= 11 is 0. The molecule has 92 valence electrons. The number of carbonyl (C=O) groups is 1. The smallest absolute Gasteiger partial charge is 0.249 e. The highest BCUT2D eigenvalue weighted by molar-refractivity contribution is 5.94. The normalized spacial score (nSPS) is 12.1. The zero-order chi connectivity index (χ0) is 13.0. The first kappa shape index (κ1) is 12.3. The maximum Gasteiger partial charge on any atom is 0.249 e. The maximum absolute atomic E-state index is 11.3. The van der Waals surface area contributed by atoms with Crippen molar-refractivity contribution in [2.24, 2.45) is 5.73 Å². The second kappa shape index (κ2) is 5.47. The molecule has 2 aromatic rings. The Bertz CT molecular complexity index is 537. The summed E-state index contributed by atoms with van der Waals surface area (Å²) in [5, 5.41) is 10.2. The van der Waals surface area contributed by atoms with Gasteiger partial charge in [0, 0.05) is 12.0 Å². The average Bonchev–Trinajstić information content (AvgIpc) is 2.40. The summed E-state index contributed by atoms with van der Waals surface area (Å²) in [6, 6.07) is 16.5. The van der Waals surface area contributed by atoms with Gasteiger partial charge >= 0.3 is 0 Å². The van der Waals surface area contributed by atoms with Gasteiger partial charge in [-0.2, -0.15) is 0 Å². The van der Waals surface area contributed by atoms with Crippen molar-refractivity contribution in [3.05, 3.63) is 71.3 Å². The van der Waals surface area contributed by atoms with E-state index in [4.69, 9.17) is 5.73 Å². The van der Waals surface area contributed by atoms with Crippen LogP contribution in [0.5, 0.6) is 0 Å². The lowest BCUT2D eigenvalue weighted by atomic mass is 9.97. The fraction of sp³-hybridized carbons (Fsp3) is 0.133. The predicted molar refractivity (Wildman–Crippen MR) is 70.1 cm³/mol. The lowest BCUT2D eigenvalue weighted by Gasteiger charge is -2.14. The highest BCUT2D eigenvalue weighted by atomic mass is 16.3. The molecule has 3 N–H and O–H groups in total. The van der Waals surface area contributed by atoms with Crippen LogP contribution in [0.2, 0.25) is 0 Å². The minimum absolute atomic E-state index is 0.376. The van der Waals surface area contributed by atoms with E-state index in [0.717, 1.165) is 5.56 Å². The summed E-state index contributed by atoms with van der Waals surface area (Å²) in [6.45, 7) is 0. The van der Waals surface area contributed by atoms with Gasteiger partial charge in [-0.05, 0) is 17.2 Å². The minimum Gasteiger partial charge on any atom is -0.388 e. The maximum atomic E-state index is 11.3. The molecule has 0 heterocycles. The van der Waals surface area contributed by atoms with E-state index < -0.39 is 12.0 Å². The number of amides is 1. The molecule has 0 aliphatic rings. The first-order valence-corrected chi connectivity index (χ1v) is 5.79. The van der Waals surface area contributed by atoms with E-state index in [9.17, 15) is 9.90 Å². The molecule has 2 rings (SSSR count). The van der Waals surface area contributed by atoms with E-state index in [1.807, 2.05) is 30.3 Å². The molecule has 2 aromatic carbocycles. The van der Waals surface area contributed by atoms with Gasteiger partial charge < -0.3 is 10.8 Å². The Balaban J connectivity index is 2.24. The van der Waals surface area contributed by atoms with Crippen LogP contribution in [-0.4, -0.2) is 11.0 Å². The monoisotopic (exact) mass is 241 g/mol. The van der Waals surface area contributed by atoms with E-state index in [2.05, 4.69) is 0 Å². The molecule has 0 bridgehead atoms. The third-order valence-corrected chi connectivity index (χ3v) is 2.86. The Morgan fingerprint density at radius 2 is 1.67 bits per heavy atom. The summed E-state index contributed by atoms with van der Waals surface area (Å²) in [6.07, 6.45) is -0.262. The van der Waals surface area contributed by atoms with Gasteiger partial charge in [-0.25, -0.2) is 0 Å². The molecule has 18 heavy (non-hydrogen) atoms. The zero-order valence-electron chi connectivity index (χ0n) is 9.91. The summed E-state index contributed by atoms with van der Waals surface area (Å²) in [7, 11) is 0. The Hall–Kier alpha value is -2.13. The SMILES string of the molecule is NC(=O)c1ccccc1[C@@H](O)Cc1ccccc1. The number of hydrogen-bond donors (Lipinski definition) is 2. The number of benzene rings is 2. The number of primary amides is 1. The van der Waals surface area contributed by atoms with Gasteiger partial charge in [0.05, 0.1) is 6.10 Å². The van der Waals surface area contributed by atoms with E-state index >= 15 is 0 Å². The summed E-state index contributed by atoms with van der Waals surface area (Å²) in [5.74, 6) is -0.516. The Kier molecular flexibility index (Phi) is 3.75. The van der Waals surface area contributed by atoms with Crippen molar-refractivity contribution in [1.29, 1.82) is 0 Å². The first-order valence-electron chi connectivity index (χ1n) is 5.79. The second-order valence-electron chi connectivity index (χ2n) is 4.16. The van der Waals surface area contributed by atoms with Crippen molar-refractivity contribution in [2.45, 2.75) is 12.5 Å². The van der Waals surface area contributed by atoms with Crippen LogP contribution in [0.1, 0.15) is 27.6 Å². The molecule has 3 heteroatoms. The molecule has 0 spiro atoms. The topological polar surface area (TPSA) is 63.3 Å². The first-order chi connectivity index (χ1) is 8.68. The van der Waals surface area contributed by atoms with Crippen molar-refractivity contribution in [2.75, 3.05) is 0 Å². The van der Waals surface area contributed by atoms with Crippen molar-refractivity contribution < 1.29 is 9.90 Å². The molecule has 0 fully saturated rings. The molecule has 0 saturated carbocycles. The largest absolute Gasteiger partial charge is 0.388 e. The molecule has 0 aliphatic heterocycles. The van der Waals surface area contributed by atoms with Crippen LogP contribution in [0.3, 0.4) is 0 Å². The number of nitrogens with two attached hydrogens (primary N) is 1. The van der Waals surface area contributed by atoms with Crippen LogP contribution < -0.4 is 5.73 Å². The molecule has 1 amide bonds. The molecular weight excluding hydrogens is 226 g/mol. The minimum atomic E-state index is -0.726. The van der Waals surface area contributed by atoms with Crippen molar-refractivity contribution >= 4 is 5.91 Å². The number of aliphatic hydroxyl groups is 1. The Morgan fingerprint density at radius 1 is 1.06 bits per heavy atom. The quantitative estimate of drug-likeness (QED) is 0.860. The molecule has 0 aliphatic carbocycles. The van der Waals surface area contributed by atoms with Crippen LogP contribution in [0.25, 0.3) is 0 Å². The van der Waals surface area contributed by atoms with Gasteiger partial charge in [0.15, 0.2) is 0 Å². The van der Waals surface area contributed by atoms with Crippen LogP contribution in [0.15, 0.2) is 54.6 Å².